The molecule has 10 nitrogen and oxygen atoms in total. The van der Waals surface area contributed by atoms with Crippen LogP contribution in [0.5, 0.6) is 5.75 Å². The minimum Gasteiger partial charge on any atom is -0.492 e. The third-order valence-electron chi connectivity index (χ3n) is 5.88. The first kappa shape index (κ1) is 25.2. The van der Waals surface area contributed by atoms with Gasteiger partial charge in [0.1, 0.15) is 12.4 Å². The molecule has 190 valence electrons. The van der Waals surface area contributed by atoms with Gasteiger partial charge in [-0.3, -0.25) is 14.5 Å². The van der Waals surface area contributed by atoms with Gasteiger partial charge in [-0.25, -0.2) is 0 Å². The fourth-order valence-corrected chi connectivity index (χ4v) is 3.73. The van der Waals surface area contributed by atoms with Gasteiger partial charge >= 0.3 is 0 Å². The highest BCUT2D eigenvalue weighted by Gasteiger charge is 2.21. The first-order valence-electron chi connectivity index (χ1n) is 12.1. The van der Waals surface area contributed by atoms with Crippen LogP contribution in [0.2, 0.25) is 0 Å². The van der Waals surface area contributed by atoms with E-state index in [0.717, 1.165) is 35.8 Å². The Labute approximate surface area is 210 Å². The summed E-state index contributed by atoms with van der Waals surface area (Å²) in [7, 11) is 0. The molecular weight excluding hydrogens is 458 g/mol. The van der Waals surface area contributed by atoms with E-state index in [9.17, 15) is 9.59 Å². The van der Waals surface area contributed by atoms with Crippen LogP contribution in [0.25, 0.3) is 0 Å². The fourth-order valence-electron chi connectivity index (χ4n) is 3.73. The zero-order valence-electron chi connectivity index (χ0n) is 21.0. The second kappa shape index (κ2) is 10.8. The molecule has 10 heteroatoms. The smallest absolute Gasteiger partial charge is 0.281 e. The van der Waals surface area contributed by atoms with Crippen molar-refractivity contribution in [2.75, 3.05) is 42.6 Å². The summed E-state index contributed by atoms with van der Waals surface area (Å²) in [6.45, 7) is 9.38. The van der Waals surface area contributed by atoms with Crippen molar-refractivity contribution in [1.82, 2.24) is 19.7 Å². The number of anilines is 4. The van der Waals surface area contributed by atoms with Gasteiger partial charge in [0.2, 0.25) is 17.8 Å². The average Bonchev–Trinajstić information content (AvgIpc) is 3.49. The van der Waals surface area contributed by atoms with E-state index in [1.165, 1.54) is 12.8 Å². The lowest BCUT2D eigenvalue weighted by Crippen LogP contribution is -2.27. The number of likely N-dealkylation sites (tertiary alicyclic amines) is 1. The topological polar surface area (TPSA) is 127 Å². The highest BCUT2D eigenvalue weighted by atomic mass is 16.5. The maximum absolute atomic E-state index is 12.9. The monoisotopic (exact) mass is 491 g/mol. The van der Waals surface area contributed by atoms with Gasteiger partial charge in [-0.2, -0.15) is 9.67 Å². The highest BCUT2D eigenvalue weighted by Crippen LogP contribution is 2.21. The largest absolute Gasteiger partial charge is 0.492 e. The molecule has 0 aliphatic carbocycles. The van der Waals surface area contributed by atoms with E-state index in [2.05, 4.69) is 25.6 Å². The van der Waals surface area contributed by atoms with Gasteiger partial charge in [-0.1, -0.05) is 20.8 Å². The molecule has 1 aliphatic rings. The van der Waals surface area contributed by atoms with E-state index in [1.807, 2.05) is 45.0 Å². The van der Waals surface area contributed by atoms with E-state index < -0.39 is 11.3 Å². The second-order valence-electron chi connectivity index (χ2n) is 9.84. The average molecular weight is 492 g/mol. The number of hydrogen-bond donors (Lipinski definition) is 3. The van der Waals surface area contributed by atoms with Crippen molar-refractivity contribution in [2.45, 2.75) is 33.6 Å². The molecule has 1 amide bonds. The zero-order chi connectivity index (χ0) is 25.7. The predicted octanol–water partition coefficient (Wildman–Crippen LogP) is 3.75. The van der Waals surface area contributed by atoms with Gasteiger partial charge in [0.15, 0.2) is 0 Å². The first-order valence-corrected chi connectivity index (χ1v) is 12.1. The van der Waals surface area contributed by atoms with Crippen molar-refractivity contribution in [3.05, 3.63) is 54.1 Å². The van der Waals surface area contributed by atoms with E-state index >= 15 is 0 Å². The van der Waals surface area contributed by atoms with Crippen LogP contribution >= 0.6 is 0 Å². The van der Waals surface area contributed by atoms with Crippen molar-refractivity contribution in [3.8, 4) is 5.75 Å². The number of aromatic nitrogens is 3. The Hall–Kier alpha value is -3.92. The molecule has 1 aliphatic heterocycles. The van der Waals surface area contributed by atoms with Crippen molar-refractivity contribution in [2.24, 2.45) is 5.41 Å². The first-order chi connectivity index (χ1) is 17.2. The summed E-state index contributed by atoms with van der Waals surface area (Å²) < 4.78 is 6.87. The third-order valence-corrected chi connectivity index (χ3v) is 5.88. The van der Waals surface area contributed by atoms with Crippen LogP contribution in [-0.2, 0) is 4.79 Å². The SMILES string of the molecule is CC(C)(C)C(=O)Nc1ccc(C(=O)n2nc(Nc3ccc(OCCN4CCCC4)cc3)nc2N)cc1. The number of nitrogens with two attached hydrogens (primary N) is 1. The Morgan fingerprint density at radius 3 is 2.28 bits per heavy atom. The minimum atomic E-state index is -0.520. The number of nitrogens with one attached hydrogen (secondary N) is 2. The quantitative estimate of drug-likeness (QED) is 0.435. The Balaban J connectivity index is 1.34. The van der Waals surface area contributed by atoms with Gasteiger partial charge in [0.05, 0.1) is 0 Å². The van der Waals surface area contributed by atoms with Gasteiger partial charge < -0.3 is 21.1 Å². The van der Waals surface area contributed by atoms with Crippen molar-refractivity contribution >= 4 is 35.1 Å². The van der Waals surface area contributed by atoms with E-state index in [-0.39, 0.29) is 17.8 Å². The second-order valence-corrected chi connectivity index (χ2v) is 9.84. The number of benzene rings is 2. The molecule has 4 rings (SSSR count). The number of carbonyl (C=O) groups is 2. The summed E-state index contributed by atoms with van der Waals surface area (Å²) in [5, 5.41) is 10.1. The normalized spacial score (nSPS) is 14.0. The van der Waals surface area contributed by atoms with Crippen molar-refractivity contribution < 1.29 is 14.3 Å². The molecule has 0 spiro atoms. The Bertz CT molecular complexity index is 1190. The molecule has 0 atom stereocenters. The Morgan fingerprint density at radius 2 is 1.64 bits per heavy atom. The molecule has 2 aromatic carbocycles. The lowest BCUT2D eigenvalue weighted by Gasteiger charge is -2.17. The molecule has 1 aromatic heterocycles. The zero-order valence-corrected chi connectivity index (χ0v) is 21.0. The van der Waals surface area contributed by atoms with Gasteiger partial charge in [0.25, 0.3) is 5.91 Å². The number of rotatable bonds is 8. The van der Waals surface area contributed by atoms with Crippen LogP contribution in [0.3, 0.4) is 0 Å². The summed E-state index contributed by atoms with van der Waals surface area (Å²) in [6, 6.07) is 14.0. The third kappa shape index (κ3) is 6.39. The minimum absolute atomic E-state index is 0.0329. The number of hydrogen-bond acceptors (Lipinski definition) is 8. The molecule has 0 unspecified atom stereocenters. The van der Waals surface area contributed by atoms with Crippen LogP contribution in [0.15, 0.2) is 48.5 Å². The molecule has 1 fully saturated rings. The van der Waals surface area contributed by atoms with Gasteiger partial charge in [-0.05, 0) is 74.5 Å². The summed E-state index contributed by atoms with van der Waals surface area (Å²) in [5.74, 6) is 0.421. The maximum atomic E-state index is 12.9. The van der Waals surface area contributed by atoms with E-state index in [1.54, 1.807) is 24.3 Å². The maximum Gasteiger partial charge on any atom is 0.281 e. The molecule has 36 heavy (non-hydrogen) atoms. The van der Waals surface area contributed by atoms with Crippen LogP contribution in [0.4, 0.5) is 23.3 Å². The lowest BCUT2D eigenvalue weighted by atomic mass is 9.95. The number of nitrogens with zero attached hydrogens (tertiary/aromatic N) is 4. The molecule has 0 radical (unpaired) electrons. The molecule has 1 saturated heterocycles. The summed E-state index contributed by atoms with van der Waals surface area (Å²) in [5.41, 5.74) is 7.14. The Morgan fingerprint density at radius 1 is 1.00 bits per heavy atom. The van der Waals surface area contributed by atoms with Gasteiger partial charge in [-0.15, -0.1) is 5.10 Å². The van der Waals surface area contributed by atoms with Crippen molar-refractivity contribution in [1.29, 1.82) is 0 Å². The van der Waals surface area contributed by atoms with Crippen LogP contribution in [-0.4, -0.2) is 57.7 Å². The van der Waals surface area contributed by atoms with Crippen LogP contribution < -0.4 is 21.1 Å². The molecule has 0 bridgehead atoms. The van der Waals surface area contributed by atoms with Crippen molar-refractivity contribution in [3.63, 3.8) is 0 Å². The molecule has 4 N–H and O–H groups in total. The number of nitrogen functional groups attached to an aromatic ring is 1. The van der Waals surface area contributed by atoms with Gasteiger partial charge in [0, 0.05) is 28.9 Å². The standard InChI is InChI=1S/C26H33N7O3/c1-26(2,3)23(35)28-19-8-6-18(7-9-19)22(34)33-24(27)30-25(31-33)29-20-10-12-21(13-11-20)36-17-16-32-14-4-5-15-32/h6-13H,4-5,14-17H2,1-3H3,(H,28,35)(H3,27,29,30,31). The number of amides is 1. The summed E-state index contributed by atoms with van der Waals surface area (Å²) in [4.78, 5) is 31.6. The van der Waals surface area contributed by atoms with Crippen LogP contribution in [0.1, 0.15) is 44.0 Å². The summed E-state index contributed by atoms with van der Waals surface area (Å²) >= 11 is 0. The predicted molar refractivity (Wildman–Crippen MR) is 140 cm³/mol. The number of ether oxygens (including phenoxy) is 1. The molecule has 3 aromatic rings. The molecule has 0 saturated carbocycles. The molecular formula is C26H33N7O3. The van der Waals surface area contributed by atoms with E-state index in [4.69, 9.17) is 10.5 Å². The van der Waals surface area contributed by atoms with Crippen LogP contribution in [0, 0.1) is 5.41 Å². The highest BCUT2D eigenvalue weighted by molar-refractivity contribution is 5.98. The summed E-state index contributed by atoms with van der Waals surface area (Å²) in [6.07, 6.45) is 2.54. The van der Waals surface area contributed by atoms with E-state index in [0.29, 0.717) is 17.9 Å². The lowest BCUT2D eigenvalue weighted by molar-refractivity contribution is -0.123. The number of carbonyl (C=O) groups excluding carboxylic acids is 2. The Kier molecular flexibility index (Phi) is 7.54. The fraction of sp³-hybridized carbons (Fsp3) is 0.385. The molecule has 2 heterocycles.